The molecule has 1 aliphatic carbocycles. The number of hydrogen-bond acceptors (Lipinski definition) is 1. The summed E-state index contributed by atoms with van der Waals surface area (Å²) in [5.74, 6) is 0. The van der Waals surface area contributed by atoms with Crippen molar-refractivity contribution in [3.63, 3.8) is 0 Å². The minimum absolute atomic E-state index is 0.0664. The molecule has 1 heteroatoms. The third-order valence-corrected chi connectivity index (χ3v) is 13.8. The molecule has 0 bridgehead atoms. The van der Waals surface area contributed by atoms with E-state index in [0.29, 0.717) is 0 Å². The molecular formula is C55H36S. The van der Waals surface area contributed by atoms with Crippen molar-refractivity contribution in [2.45, 2.75) is 19.3 Å². The lowest BCUT2D eigenvalue weighted by Crippen LogP contribution is -2.14. The molecule has 12 rings (SSSR count). The van der Waals surface area contributed by atoms with Gasteiger partial charge in [0.15, 0.2) is 0 Å². The number of benzene rings is 10. The molecule has 1 aromatic heterocycles. The molecule has 11 aromatic rings. The van der Waals surface area contributed by atoms with E-state index in [-0.39, 0.29) is 5.41 Å². The van der Waals surface area contributed by atoms with Crippen LogP contribution in [0.4, 0.5) is 0 Å². The summed E-state index contributed by atoms with van der Waals surface area (Å²) in [6, 6.07) is 68.1. The molecule has 10 aromatic carbocycles. The van der Waals surface area contributed by atoms with Gasteiger partial charge in [-0.25, -0.2) is 0 Å². The Morgan fingerprint density at radius 3 is 1.61 bits per heavy atom. The van der Waals surface area contributed by atoms with Gasteiger partial charge in [-0.3, -0.25) is 0 Å². The third-order valence-electron chi connectivity index (χ3n) is 12.6. The molecule has 1 heterocycles. The van der Waals surface area contributed by atoms with E-state index >= 15 is 0 Å². The van der Waals surface area contributed by atoms with E-state index in [2.05, 4.69) is 196 Å². The topological polar surface area (TPSA) is 0 Å². The fraction of sp³-hybridized carbons (Fsp3) is 0.0545. The van der Waals surface area contributed by atoms with Crippen LogP contribution in [0.25, 0.3) is 108 Å². The van der Waals surface area contributed by atoms with Gasteiger partial charge >= 0.3 is 0 Å². The summed E-state index contributed by atoms with van der Waals surface area (Å²) in [4.78, 5) is 0. The zero-order valence-corrected chi connectivity index (χ0v) is 32.0. The van der Waals surface area contributed by atoms with Crippen LogP contribution in [0.3, 0.4) is 0 Å². The molecule has 0 saturated heterocycles. The molecule has 0 fully saturated rings. The van der Waals surface area contributed by atoms with Crippen LogP contribution in [-0.4, -0.2) is 0 Å². The average molecular weight is 729 g/mol. The van der Waals surface area contributed by atoms with Crippen molar-refractivity contribution in [1.29, 1.82) is 0 Å². The summed E-state index contributed by atoms with van der Waals surface area (Å²) in [5, 5.41) is 13.0. The minimum atomic E-state index is -0.0664. The summed E-state index contributed by atoms with van der Waals surface area (Å²) in [5.41, 5.74) is 13.2. The second kappa shape index (κ2) is 11.7. The summed E-state index contributed by atoms with van der Waals surface area (Å²) in [7, 11) is 0. The highest BCUT2D eigenvalue weighted by molar-refractivity contribution is 7.26. The van der Waals surface area contributed by atoms with Crippen molar-refractivity contribution < 1.29 is 0 Å². The van der Waals surface area contributed by atoms with Crippen LogP contribution in [0, 0.1) is 0 Å². The van der Waals surface area contributed by atoms with Gasteiger partial charge in [-0.05, 0) is 117 Å². The Morgan fingerprint density at radius 2 is 0.893 bits per heavy atom. The van der Waals surface area contributed by atoms with Crippen LogP contribution in [0.5, 0.6) is 0 Å². The van der Waals surface area contributed by atoms with Gasteiger partial charge in [0.2, 0.25) is 0 Å². The standard InChI is InChI=1S/C55H36S/c1-55(2)47-27-24-38(32-46(47)53-48(55)28-26-45-52-40-15-7-6-12-33(40)25-29-49(52)56-54(45)53)36-20-21-37-31-39(23-22-35(37)30-36)51-43-18-10-8-16-41(43)50(34-13-4-3-5-14-34)42-17-9-11-19-44(42)51/h3-32H,1-2H3. The Hall–Kier alpha value is -6.54. The minimum Gasteiger partial charge on any atom is -0.134 e. The van der Waals surface area contributed by atoms with Crippen molar-refractivity contribution in [2.24, 2.45) is 0 Å². The lowest BCUT2D eigenvalue weighted by Gasteiger charge is -2.21. The summed E-state index contributed by atoms with van der Waals surface area (Å²) >= 11 is 1.95. The Kier molecular flexibility index (Phi) is 6.66. The molecule has 0 spiro atoms. The molecule has 262 valence electrons. The van der Waals surface area contributed by atoms with Crippen LogP contribution < -0.4 is 0 Å². The van der Waals surface area contributed by atoms with Gasteiger partial charge in [0.1, 0.15) is 0 Å². The van der Waals surface area contributed by atoms with Gasteiger partial charge in [-0.15, -0.1) is 11.3 Å². The van der Waals surface area contributed by atoms with Gasteiger partial charge in [-0.2, -0.15) is 0 Å². The van der Waals surface area contributed by atoms with Gasteiger partial charge in [0, 0.05) is 31.2 Å². The van der Waals surface area contributed by atoms with E-state index in [4.69, 9.17) is 0 Å². The first-order valence-corrected chi connectivity index (χ1v) is 20.4. The second-order valence-electron chi connectivity index (χ2n) is 16.0. The number of thiophene rings is 1. The summed E-state index contributed by atoms with van der Waals surface area (Å²) in [6.07, 6.45) is 0. The highest BCUT2D eigenvalue weighted by Gasteiger charge is 2.37. The van der Waals surface area contributed by atoms with E-state index < -0.39 is 0 Å². The predicted octanol–water partition coefficient (Wildman–Crippen LogP) is 16.0. The average Bonchev–Trinajstić information content (AvgIpc) is 3.74. The highest BCUT2D eigenvalue weighted by atomic mass is 32.1. The van der Waals surface area contributed by atoms with Crippen LogP contribution in [0.2, 0.25) is 0 Å². The first-order chi connectivity index (χ1) is 27.5. The zero-order valence-electron chi connectivity index (χ0n) is 31.2. The zero-order chi connectivity index (χ0) is 37.1. The molecule has 0 aliphatic heterocycles. The molecule has 0 atom stereocenters. The highest BCUT2D eigenvalue weighted by Crippen LogP contribution is 2.55. The molecule has 0 amide bonds. The Balaban J connectivity index is 0.997. The van der Waals surface area contributed by atoms with Crippen LogP contribution in [0.15, 0.2) is 182 Å². The Morgan fingerprint density at radius 1 is 0.357 bits per heavy atom. The fourth-order valence-corrected chi connectivity index (χ4v) is 11.2. The predicted molar refractivity (Wildman–Crippen MR) is 243 cm³/mol. The number of hydrogen-bond donors (Lipinski definition) is 0. The smallest absolute Gasteiger partial charge is 0.0437 e. The third kappa shape index (κ3) is 4.47. The van der Waals surface area contributed by atoms with Gasteiger partial charge in [0.05, 0.1) is 0 Å². The molecule has 56 heavy (non-hydrogen) atoms. The molecule has 0 radical (unpaired) electrons. The summed E-state index contributed by atoms with van der Waals surface area (Å²) in [6.45, 7) is 4.78. The molecule has 0 saturated carbocycles. The van der Waals surface area contributed by atoms with E-state index in [1.165, 1.54) is 119 Å². The molecule has 0 unspecified atom stereocenters. The summed E-state index contributed by atoms with van der Waals surface area (Å²) < 4.78 is 2.76. The van der Waals surface area contributed by atoms with E-state index in [1.807, 2.05) is 11.3 Å². The number of rotatable bonds is 3. The van der Waals surface area contributed by atoms with Crippen molar-refractivity contribution in [3.8, 4) is 44.5 Å². The SMILES string of the molecule is CC1(C)c2ccc(-c3ccc4cc(-c5c6ccccc6c(-c6ccccc6)c6ccccc56)ccc4c3)cc2-c2c1ccc1c2sc2ccc3ccccc3c21. The van der Waals surface area contributed by atoms with E-state index in [0.717, 1.165) is 0 Å². The lowest BCUT2D eigenvalue weighted by atomic mass is 9.82. The Bertz CT molecular complexity index is 3380. The van der Waals surface area contributed by atoms with E-state index in [1.54, 1.807) is 0 Å². The number of fused-ring (bicyclic) bond motifs is 12. The monoisotopic (exact) mass is 728 g/mol. The van der Waals surface area contributed by atoms with Gasteiger partial charge < -0.3 is 0 Å². The lowest BCUT2D eigenvalue weighted by molar-refractivity contribution is 0.661. The first-order valence-electron chi connectivity index (χ1n) is 19.6. The maximum atomic E-state index is 2.47. The van der Waals surface area contributed by atoms with Crippen LogP contribution in [0.1, 0.15) is 25.0 Å². The van der Waals surface area contributed by atoms with Crippen molar-refractivity contribution >= 4 is 74.6 Å². The van der Waals surface area contributed by atoms with Crippen LogP contribution >= 0.6 is 11.3 Å². The maximum Gasteiger partial charge on any atom is 0.0437 e. The van der Waals surface area contributed by atoms with Gasteiger partial charge in [0.25, 0.3) is 0 Å². The second-order valence-corrected chi connectivity index (χ2v) is 17.0. The molecule has 0 nitrogen and oxygen atoms in total. The molecule has 1 aliphatic rings. The molecule has 0 N–H and O–H groups in total. The van der Waals surface area contributed by atoms with E-state index in [9.17, 15) is 0 Å². The molecular weight excluding hydrogens is 693 g/mol. The quantitative estimate of drug-likeness (QED) is 0.159. The largest absolute Gasteiger partial charge is 0.134 e. The first kappa shape index (κ1) is 31.8. The Labute approximate surface area is 329 Å². The normalized spacial score (nSPS) is 13.3. The van der Waals surface area contributed by atoms with Crippen molar-refractivity contribution in [3.05, 3.63) is 193 Å². The van der Waals surface area contributed by atoms with Crippen molar-refractivity contribution in [2.75, 3.05) is 0 Å². The van der Waals surface area contributed by atoms with Crippen LogP contribution in [-0.2, 0) is 5.41 Å². The maximum absolute atomic E-state index is 2.47. The van der Waals surface area contributed by atoms with Crippen molar-refractivity contribution in [1.82, 2.24) is 0 Å². The fourth-order valence-electron chi connectivity index (χ4n) is 9.95. The van der Waals surface area contributed by atoms with Gasteiger partial charge in [-0.1, -0.05) is 172 Å².